The van der Waals surface area contributed by atoms with Gasteiger partial charge in [-0.1, -0.05) is 5.16 Å². The summed E-state index contributed by atoms with van der Waals surface area (Å²) in [6, 6.07) is 0.173. The SMILES string of the molecule is CC(CCN(C)C)NC(=O)c1noc(C2CCCN2)n1. The van der Waals surface area contributed by atoms with Crippen molar-refractivity contribution >= 4 is 5.91 Å². The Labute approximate surface area is 119 Å². The second-order valence-corrected chi connectivity index (χ2v) is 5.57. The second kappa shape index (κ2) is 6.81. The molecule has 0 bridgehead atoms. The molecule has 0 spiro atoms. The highest BCUT2D eigenvalue weighted by Crippen LogP contribution is 2.20. The lowest BCUT2D eigenvalue weighted by molar-refractivity contribution is 0.0923. The number of nitrogens with zero attached hydrogens (tertiary/aromatic N) is 3. The number of carbonyl (C=O) groups is 1. The molecule has 2 atom stereocenters. The van der Waals surface area contributed by atoms with Crippen LogP contribution in [0.4, 0.5) is 0 Å². The first-order valence-electron chi connectivity index (χ1n) is 7.09. The number of rotatable bonds is 6. The Bertz CT molecular complexity index is 440. The van der Waals surface area contributed by atoms with Crippen LogP contribution >= 0.6 is 0 Å². The molecule has 1 aromatic heterocycles. The van der Waals surface area contributed by atoms with Gasteiger partial charge in [-0.2, -0.15) is 4.98 Å². The molecule has 2 unspecified atom stereocenters. The van der Waals surface area contributed by atoms with Gasteiger partial charge in [0.05, 0.1) is 6.04 Å². The summed E-state index contributed by atoms with van der Waals surface area (Å²) >= 11 is 0. The fourth-order valence-corrected chi connectivity index (χ4v) is 2.18. The highest BCUT2D eigenvalue weighted by atomic mass is 16.5. The molecule has 0 radical (unpaired) electrons. The number of nitrogens with one attached hydrogen (secondary N) is 2. The summed E-state index contributed by atoms with van der Waals surface area (Å²) in [7, 11) is 4.02. The Hall–Kier alpha value is -1.47. The van der Waals surface area contributed by atoms with Crippen LogP contribution in [0, 0.1) is 0 Å². The minimum atomic E-state index is -0.274. The monoisotopic (exact) mass is 281 g/mol. The van der Waals surface area contributed by atoms with Gasteiger partial charge >= 0.3 is 0 Å². The zero-order valence-electron chi connectivity index (χ0n) is 12.3. The van der Waals surface area contributed by atoms with Gasteiger partial charge in [0.15, 0.2) is 0 Å². The molecule has 112 valence electrons. The Morgan fingerprint density at radius 2 is 2.40 bits per heavy atom. The van der Waals surface area contributed by atoms with Crippen LogP contribution in [-0.2, 0) is 0 Å². The number of hydrogen-bond acceptors (Lipinski definition) is 6. The zero-order valence-corrected chi connectivity index (χ0v) is 12.3. The van der Waals surface area contributed by atoms with E-state index in [1.807, 2.05) is 21.0 Å². The Morgan fingerprint density at radius 1 is 1.60 bits per heavy atom. The van der Waals surface area contributed by atoms with Crippen molar-refractivity contribution in [2.24, 2.45) is 0 Å². The van der Waals surface area contributed by atoms with Crippen molar-refractivity contribution in [3.05, 3.63) is 11.7 Å². The molecule has 1 aliphatic heterocycles. The Morgan fingerprint density at radius 3 is 3.05 bits per heavy atom. The fourth-order valence-electron chi connectivity index (χ4n) is 2.18. The van der Waals surface area contributed by atoms with E-state index >= 15 is 0 Å². The van der Waals surface area contributed by atoms with E-state index < -0.39 is 0 Å². The van der Waals surface area contributed by atoms with Crippen LogP contribution in [0.25, 0.3) is 0 Å². The molecule has 7 nitrogen and oxygen atoms in total. The summed E-state index contributed by atoms with van der Waals surface area (Å²) < 4.78 is 5.16. The molecule has 0 saturated carbocycles. The van der Waals surface area contributed by atoms with Crippen molar-refractivity contribution in [1.82, 2.24) is 25.7 Å². The smallest absolute Gasteiger partial charge is 0.292 e. The summed E-state index contributed by atoms with van der Waals surface area (Å²) in [6.45, 7) is 3.85. The van der Waals surface area contributed by atoms with Gasteiger partial charge in [0, 0.05) is 6.04 Å². The van der Waals surface area contributed by atoms with Crippen LogP contribution in [-0.4, -0.2) is 54.2 Å². The molecule has 1 aliphatic rings. The lowest BCUT2D eigenvalue weighted by Gasteiger charge is -2.15. The molecule has 0 aliphatic carbocycles. The lowest BCUT2D eigenvalue weighted by atomic mass is 10.2. The molecule has 2 N–H and O–H groups in total. The number of hydrogen-bond donors (Lipinski definition) is 2. The zero-order chi connectivity index (χ0) is 14.5. The van der Waals surface area contributed by atoms with E-state index in [1.165, 1.54) is 0 Å². The molecule has 1 saturated heterocycles. The van der Waals surface area contributed by atoms with E-state index in [0.717, 1.165) is 32.4 Å². The van der Waals surface area contributed by atoms with Gasteiger partial charge in [-0.25, -0.2) is 0 Å². The van der Waals surface area contributed by atoms with Crippen molar-refractivity contribution in [2.45, 2.75) is 38.3 Å². The van der Waals surface area contributed by atoms with Gasteiger partial charge in [0.25, 0.3) is 11.7 Å². The fraction of sp³-hybridized carbons (Fsp3) is 0.769. The van der Waals surface area contributed by atoms with Gasteiger partial charge in [0.1, 0.15) is 0 Å². The average molecular weight is 281 g/mol. The van der Waals surface area contributed by atoms with Gasteiger partial charge in [-0.05, 0) is 53.4 Å². The highest BCUT2D eigenvalue weighted by molar-refractivity contribution is 5.90. The van der Waals surface area contributed by atoms with Gasteiger partial charge in [-0.3, -0.25) is 4.79 Å². The number of aromatic nitrogens is 2. The number of amides is 1. The first kappa shape index (κ1) is 14.9. The van der Waals surface area contributed by atoms with E-state index in [-0.39, 0.29) is 23.8 Å². The minimum Gasteiger partial charge on any atom is -0.347 e. The third kappa shape index (κ3) is 4.01. The van der Waals surface area contributed by atoms with Crippen LogP contribution in [0.5, 0.6) is 0 Å². The molecule has 2 rings (SSSR count). The maximum atomic E-state index is 12.0. The lowest BCUT2D eigenvalue weighted by Crippen LogP contribution is -2.35. The summed E-state index contributed by atoms with van der Waals surface area (Å²) in [5.41, 5.74) is 0. The topological polar surface area (TPSA) is 83.3 Å². The van der Waals surface area contributed by atoms with Crippen LogP contribution in [0.15, 0.2) is 4.52 Å². The molecule has 20 heavy (non-hydrogen) atoms. The molecular weight excluding hydrogens is 258 g/mol. The molecule has 1 fully saturated rings. The Kier molecular flexibility index (Phi) is 5.08. The van der Waals surface area contributed by atoms with E-state index in [0.29, 0.717) is 5.89 Å². The quantitative estimate of drug-likeness (QED) is 0.793. The molecular formula is C13H23N5O2. The Balaban J connectivity index is 1.86. The van der Waals surface area contributed by atoms with E-state index in [2.05, 4.69) is 25.7 Å². The predicted octanol–water partition coefficient (Wildman–Crippen LogP) is 0.564. The summed E-state index contributed by atoms with van der Waals surface area (Å²) in [5.74, 6) is 0.350. The molecule has 0 aromatic carbocycles. The van der Waals surface area contributed by atoms with E-state index in [1.54, 1.807) is 0 Å². The summed E-state index contributed by atoms with van der Waals surface area (Å²) in [6.07, 6.45) is 2.95. The maximum Gasteiger partial charge on any atom is 0.292 e. The minimum absolute atomic E-state index is 0.0801. The van der Waals surface area contributed by atoms with Crippen molar-refractivity contribution in [1.29, 1.82) is 0 Å². The molecule has 1 aromatic rings. The van der Waals surface area contributed by atoms with Crippen LogP contribution in [0.2, 0.25) is 0 Å². The van der Waals surface area contributed by atoms with E-state index in [4.69, 9.17) is 4.52 Å². The third-order valence-corrected chi connectivity index (χ3v) is 3.39. The molecule has 2 heterocycles. The van der Waals surface area contributed by atoms with E-state index in [9.17, 15) is 4.79 Å². The third-order valence-electron chi connectivity index (χ3n) is 3.39. The van der Waals surface area contributed by atoms with Crippen molar-refractivity contribution < 1.29 is 9.32 Å². The van der Waals surface area contributed by atoms with Crippen molar-refractivity contribution in [3.63, 3.8) is 0 Å². The standard InChI is InChI=1S/C13H23N5O2/c1-9(6-8-18(2)3)15-12(19)11-16-13(20-17-11)10-5-4-7-14-10/h9-10,14H,4-8H2,1-3H3,(H,15,19). The van der Waals surface area contributed by atoms with Gasteiger partial charge in [0.2, 0.25) is 5.89 Å². The molecule has 7 heteroatoms. The van der Waals surface area contributed by atoms with Crippen LogP contribution < -0.4 is 10.6 Å². The second-order valence-electron chi connectivity index (χ2n) is 5.57. The summed E-state index contributed by atoms with van der Waals surface area (Å²) in [4.78, 5) is 18.3. The van der Waals surface area contributed by atoms with Crippen molar-refractivity contribution in [2.75, 3.05) is 27.2 Å². The number of carbonyl (C=O) groups excluding carboxylic acids is 1. The largest absolute Gasteiger partial charge is 0.347 e. The first-order chi connectivity index (χ1) is 9.56. The first-order valence-corrected chi connectivity index (χ1v) is 7.09. The van der Waals surface area contributed by atoms with Gasteiger partial charge < -0.3 is 20.1 Å². The maximum absolute atomic E-state index is 12.0. The average Bonchev–Trinajstić information content (AvgIpc) is 3.06. The predicted molar refractivity (Wildman–Crippen MR) is 74.4 cm³/mol. The van der Waals surface area contributed by atoms with Gasteiger partial charge in [-0.15, -0.1) is 0 Å². The summed E-state index contributed by atoms with van der Waals surface area (Å²) in [5, 5.41) is 9.91. The van der Waals surface area contributed by atoms with Crippen LogP contribution in [0.1, 0.15) is 48.7 Å². The van der Waals surface area contributed by atoms with Crippen LogP contribution in [0.3, 0.4) is 0 Å². The van der Waals surface area contributed by atoms with Crippen molar-refractivity contribution in [3.8, 4) is 0 Å². The molecule has 1 amide bonds. The highest BCUT2D eigenvalue weighted by Gasteiger charge is 2.24. The normalized spacial score (nSPS) is 20.3.